The van der Waals surface area contributed by atoms with Gasteiger partial charge in [0, 0.05) is 12.5 Å². The highest BCUT2D eigenvalue weighted by atomic mass is 16.6. The maximum absolute atomic E-state index is 5.27. The second kappa shape index (κ2) is 2.51. The minimum atomic E-state index is 0.628. The molecule has 10 heavy (non-hydrogen) atoms. The van der Waals surface area contributed by atoms with Crippen molar-refractivity contribution < 1.29 is 4.74 Å². The van der Waals surface area contributed by atoms with Crippen LogP contribution in [-0.4, -0.2) is 37.7 Å². The average molecular weight is 141 g/mol. The summed E-state index contributed by atoms with van der Waals surface area (Å²) in [7, 11) is 2.20. The zero-order valence-electron chi connectivity index (χ0n) is 6.55. The predicted molar refractivity (Wildman–Crippen MR) is 40.0 cm³/mol. The molecule has 0 N–H and O–H groups in total. The van der Waals surface area contributed by atoms with Crippen molar-refractivity contribution in [1.82, 2.24) is 4.90 Å². The standard InChI is InChI=1S/C8H15NO/c1-9-4-2-3-7(5-9)8-6-10-8/h7-8H,2-6H2,1H3. The molecule has 0 amide bonds. The molecule has 2 unspecified atom stereocenters. The van der Waals surface area contributed by atoms with Crippen molar-refractivity contribution in [3.05, 3.63) is 0 Å². The van der Waals surface area contributed by atoms with Crippen molar-refractivity contribution in [3.63, 3.8) is 0 Å². The number of hydrogen-bond donors (Lipinski definition) is 0. The summed E-state index contributed by atoms with van der Waals surface area (Å²) < 4.78 is 5.27. The van der Waals surface area contributed by atoms with Crippen LogP contribution in [0.2, 0.25) is 0 Å². The zero-order valence-corrected chi connectivity index (χ0v) is 6.55. The van der Waals surface area contributed by atoms with E-state index in [4.69, 9.17) is 4.74 Å². The van der Waals surface area contributed by atoms with Gasteiger partial charge in [-0.25, -0.2) is 0 Å². The van der Waals surface area contributed by atoms with Crippen molar-refractivity contribution in [2.45, 2.75) is 18.9 Å². The molecule has 2 rings (SSSR count). The van der Waals surface area contributed by atoms with E-state index in [9.17, 15) is 0 Å². The van der Waals surface area contributed by atoms with Crippen LogP contribution in [0, 0.1) is 5.92 Å². The fourth-order valence-electron chi connectivity index (χ4n) is 1.84. The number of rotatable bonds is 1. The first-order valence-corrected chi connectivity index (χ1v) is 4.16. The Morgan fingerprint density at radius 2 is 2.30 bits per heavy atom. The van der Waals surface area contributed by atoms with Gasteiger partial charge in [-0.2, -0.15) is 0 Å². The molecule has 2 saturated heterocycles. The van der Waals surface area contributed by atoms with Gasteiger partial charge in [-0.3, -0.25) is 0 Å². The van der Waals surface area contributed by atoms with Crippen molar-refractivity contribution in [2.75, 3.05) is 26.7 Å². The number of likely N-dealkylation sites (tertiary alicyclic amines) is 1. The number of epoxide rings is 1. The van der Waals surface area contributed by atoms with Crippen LogP contribution in [0.25, 0.3) is 0 Å². The van der Waals surface area contributed by atoms with Crippen molar-refractivity contribution >= 4 is 0 Å². The van der Waals surface area contributed by atoms with E-state index >= 15 is 0 Å². The molecule has 0 aromatic heterocycles. The third-order valence-corrected chi connectivity index (χ3v) is 2.55. The summed E-state index contributed by atoms with van der Waals surface area (Å²) in [5.74, 6) is 0.846. The maximum Gasteiger partial charge on any atom is 0.0850 e. The maximum atomic E-state index is 5.27. The summed E-state index contributed by atoms with van der Waals surface area (Å²) in [5.41, 5.74) is 0. The second-order valence-electron chi connectivity index (χ2n) is 3.54. The molecule has 2 aliphatic rings. The van der Waals surface area contributed by atoms with Gasteiger partial charge >= 0.3 is 0 Å². The number of nitrogens with zero attached hydrogens (tertiary/aromatic N) is 1. The molecule has 2 heterocycles. The molecule has 0 saturated carbocycles. The lowest BCUT2D eigenvalue weighted by Crippen LogP contribution is -2.34. The molecule has 2 aliphatic heterocycles. The van der Waals surface area contributed by atoms with Crippen LogP contribution in [0.4, 0.5) is 0 Å². The van der Waals surface area contributed by atoms with Gasteiger partial charge in [0.2, 0.25) is 0 Å². The smallest absolute Gasteiger partial charge is 0.0850 e. The first kappa shape index (κ1) is 6.62. The lowest BCUT2D eigenvalue weighted by Gasteiger charge is -2.28. The number of hydrogen-bond acceptors (Lipinski definition) is 2. The van der Waals surface area contributed by atoms with E-state index in [1.807, 2.05) is 0 Å². The molecule has 0 aliphatic carbocycles. The molecular formula is C8H15NO. The Balaban J connectivity index is 1.84. The molecule has 2 heteroatoms. The summed E-state index contributed by atoms with van der Waals surface area (Å²) in [6, 6.07) is 0. The van der Waals surface area contributed by atoms with Gasteiger partial charge < -0.3 is 9.64 Å². The normalized spacial score (nSPS) is 41.7. The van der Waals surface area contributed by atoms with Crippen LogP contribution in [0.15, 0.2) is 0 Å². The van der Waals surface area contributed by atoms with E-state index < -0.39 is 0 Å². The predicted octanol–water partition coefficient (Wildman–Crippen LogP) is 0.727. The van der Waals surface area contributed by atoms with Gasteiger partial charge in [-0.1, -0.05) is 0 Å². The van der Waals surface area contributed by atoms with Crippen molar-refractivity contribution in [3.8, 4) is 0 Å². The molecule has 0 spiro atoms. The topological polar surface area (TPSA) is 15.8 Å². The van der Waals surface area contributed by atoms with Gasteiger partial charge in [0.15, 0.2) is 0 Å². The molecule has 0 bridgehead atoms. The lowest BCUT2D eigenvalue weighted by atomic mass is 9.96. The summed E-state index contributed by atoms with van der Waals surface area (Å²) in [6.45, 7) is 3.56. The van der Waals surface area contributed by atoms with Crippen LogP contribution < -0.4 is 0 Å². The molecule has 2 fully saturated rings. The van der Waals surface area contributed by atoms with Gasteiger partial charge in [-0.15, -0.1) is 0 Å². The molecule has 0 aromatic rings. The Morgan fingerprint density at radius 3 is 2.90 bits per heavy atom. The highest BCUT2D eigenvalue weighted by molar-refractivity contribution is 4.83. The summed E-state index contributed by atoms with van der Waals surface area (Å²) in [6.07, 6.45) is 3.37. The highest BCUT2D eigenvalue weighted by Gasteiger charge is 2.34. The largest absolute Gasteiger partial charge is 0.373 e. The van der Waals surface area contributed by atoms with Crippen LogP contribution in [-0.2, 0) is 4.74 Å². The molecule has 58 valence electrons. The third-order valence-electron chi connectivity index (χ3n) is 2.55. The first-order valence-electron chi connectivity index (χ1n) is 4.16. The summed E-state index contributed by atoms with van der Waals surface area (Å²) in [4.78, 5) is 2.41. The van der Waals surface area contributed by atoms with Crippen LogP contribution in [0.3, 0.4) is 0 Å². The van der Waals surface area contributed by atoms with Gasteiger partial charge in [-0.05, 0) is 26.4 Å². The third kappa shape index (κ3) is 1.32. The van der Waals surface area contributed by atoms with Gasteiger partial charge in [0.1, 0.15) is 0 Å². The van der Waals surface area contributed by atoms with Crippen LogP contribution in [0.5, 0.6) is 0 Å². The second-order valence-corrected chi connectivity index (χ2v) is 3.54. The molecule has 2 nitrogen and oxygen atoms in total. The van der Waals surface area contributed by atoms with Crippen LogP contribution in [0.1, 0.15) is 12.8 Å². The number of piperidine rings is 1. The molecule has 0 radical (unpaired) electrons. The van der Waals surface area contributed by atoms with E-state index in [0.717, 1.165) is 12.5 Å². The average Bonchev–Trinajstić information content (AvgIpc) is 2.68. The highest BCUT2D eigenvalue weighted by Crippen LogP contribution is 2.27. The van der Waals surface area contributed by atoms with E-state index in [1.54, 1.807) is 0 Å². The monoisotopic (exact) mass is 141 g/mol. The van der Waals surface area contributed by atoms with E-state index in [-0.39, 0.29) is 0 Å². The number of ether oxygens (including phenoxy) is 1. The van der Waals surface area contributed by atoms with E-state index in [2.05, 4.69) is 11.9 Å². The van der Waals surface area contributed by atoms with Crippen molar-refractivity contribution in [2.24, 2.45) is 5.92 Å². The Hall–Kier alpha value is -0.0800. The minimum Gasteiger partial charge on any atom is -0.373 e. The fraction of sp³-hybridized carbons (Fsp3) is 1.00. The Morgan fingerprint density at radius 1 is 1.50 bits per heavy atom. The lowest BCUT2D eigenvalue weighted by molar-refractivity contribution is 0.178. The summed E-state index contributed by atoms with van der Waals surface area (Å²) in [5, 5.41) is 0. The Labute approximate surface area is 62.2 Å². The fourth-order valence-corrected chi connectivity index (χ4v) is 1.84. The minimum absolute atomic E-state index is 0.628. The van der Waals surface area contributed by atoms with Crippen molar-refractivity contribution in [1.29, 1.82) is 0 Å². The van der Waals surface area contributed by atoms with Crippen LogP contribution >= 0.6 is 0 Å². The van der Waals surface area contributed by atoms with E-state index in [0.29, 0.717) is 6.10 Å². The van der Waals surface area contributed by atoms with E-state index in [1.165, 1.54) is 25.9 Å². The molecular weight excluding hydrogens is 126 g/mol. The quantitative estimate of drug-likeness (QED) is 0.500. The zero-order chi connectivity index (χ0) is 6.97. The Kier molecular flexibility index (Phi) is 1.66. The first-order chi connectivity index (χ1) is 4.86. The Bertz CT molecular complexity index is 122. The SMILES string of the molecule is CN1CCCC(C2CO2)C1. The summed E-state index contributed by atoms with van der Waals surface area (Å²) >= 11 is 0. The van der Waals surface area contributed by atoms with Gasteiger partial charge in [0.25, 0.3) is 0 Å². The molecule has 2 atom stereocenters. The van der Waals surface area contributed by atoms with Gasteiger partial charge in [0.05, 0.1) is 12.7 Å². The molecule has 0 aromatic carbocycles.